The zero-order valence-corrected chi connectivity index (χ0v) is 16.3. The maximum atomic E-state index is 12.5. The molecule has 3 aromatic rings. The molecule has 0 atom stereocenters. The normalized spacial score (nSPS) is 11.5. The molecule has 28 heavy (non-hydrogen) atoms. The first-order valence-electron chi connectivity index (χ1n) is 8.55. The Hall–Kier alpha value is -2.97. The lowest BCUT2D eigenvalue weighted by molar-refractivity contribution is -0.145. The second-order valence-corrected chi connectivity index (χ2v) is 8.26. The van der Waals surface area contributed by atoms with E-state index in [1.54, 1.807) is 18.3 Å². The Morgan fingerprint density at radius 2 is 1.79 bits per heavy atom. The molecule has 2 aromatic carbocycles. The van der Waals surface area contributed by atoms with E-state index in [4.69, 9.17) is 9.15 Å². The van der Waals surface area contributed by atoms with E-state index >= 15 is 0 Å². The molecule has 0 radical (unpaired) electrons. The number of aromatic nitrogens is 1. The van der Waals surface area contributed by atoms with Crippen LogP contribution in [0.25, 0.3) is 11.3 Å². The SMILES string of the molecule is Cc1ccc(S(=O)(=O)N(C)CC(=O)OCc2ncc(-c3ccccc3)o2)cc1. The number of nitrogens with zero attached hydrogens (tertiary/aromatic N) is 2. The highest BCUT2D eigenvalue weighted by atomic mass is 32.2. The highest BCUT2D eigenvalue weighted by Crippen LogP contribution is 2.20. The molecule has 8 heteroatoms. The van der Waals surface area contributed by atoms with Gasteiger partial charge < -0.3 is 9.15 Å². The predicted octanol–water partition coefficient (Wildman–Crippen LogP) is 3.01. The monoisotopic (exact) mass is 400 g/mol. The van der Waals surface area contributed by atoms with Crippen molar-refractivity contribution in [1.29, 1.82) is 0 Å². The number of ether oxygens (including phenoxy) is 1. The fraction of sp³-hybridized carbons (Fsp3) is 0.200. The van der Waals surface area contributed by atoms with E-state index in [0.717, 1.165) is 15.4 Å². The maximum absolute atomic E-state index is 12.5. The van der Waals surface area contributed by atoms with Crippen molar-refractivity contribution in [2.24, 2.45) is 0 Å². The van der Waals surface area contributed by atoms with Crippen LogP contribution in [0.4, 0.5) is 0 Å². The molecule has 0 amide bonds. The van der Waals surface area contributed by atoms with Gasteiger partial charge in [0.15, 0.2) is 12.4 Å². The molecular formula is C20H20N2O5S. The van der Waals surface area contributed by atoms with E-state index in [2.05, 4.69) is 4.98 Å². The van der Waals surface area contributed by atoms with Gasteiger partial charge in [-0.1, -0.05) is 48.0 Å². The van der Waals surface area contributed by atoms with Crippen LogP contribution in [0.15, 0.2) is 70.1 Å². The average molecular weight is 400 g/mol. The molecule has 0 aliphatic heterocycles. The Bertz CT molecular complexity index is 1040. The number of sulfonamides is 1. The van der Waals surface area contributed by atoms with Gasteiger partial charge in [-0.15, -0.1) is 0 Å². The molecule has 0 aliphatic rings. The molecular weight excluding hydrogens is 380 g/mol. The summed E-state index contributed by atoms with van der Waals surface area (Å²) in [5.74, 6) is 0.0969. The minimum Gasteiger partial charge on any atom is -0.455 e. The molecule has 0 bridgehead atoms. The van der Waals surface area contributed by atoms with E-state index < -0.39 is 22.5 Å². The van der Waals surface area contributed by atoms with E-state index in [1.165, 1.54) is 19.2 Å². The third-order valence-electron chi connectivity index (χ3n) is 4.05. The molecule has 0 N–H and O–H groups in total. The fourth-order valence-electron chi connectivity index (χ4n) is 2.46. The molecule has 0 unspecified atom stereocenters. The molecule has 0 fully saturated rings. The van der Waals surface area contributed by atoms with Crippen LogP contribution in [0.1, 0.15) is 11.5 Å². The number of rotatable bonds is 7. The van der Waals surface area contributed by atoms with E-state index in [9.17, 15) is 13.2 Å². The molecule has 7 nitrogen and oxygen atoms in total. The zero-order valence-electron chi connectivity index (χ0n) is 15.5. The number of carbonyl (C=O) groups is 1. The van der Waals surface area contributed by atoms with Crippen molar-refractivity contribution in [3.05, 3.63) is 72.2 Å². The lowest BCUT2D eigenvalue weighted by Crippen LogP contribution is -2.33. The summed E-state index contributed by atoms with van der Waals surface area (Å²) in [5.41, 5.74) is 1.80. The van der Waals surface area contributed by atoms with E-state index in [0.29, 0.717) is 5.76 Å². The number of carbonyl (C=O) groups excluding carboxylic acids is 1. The molecule has 0 saturated heterocycles. The van der Waals surface area contributed by atoms with Crippen molar-refractivity contribution in [2.45, 2.75) is 18.4 Å². The van der Waals surface area contributed by atoms with Crippen LogP contribution in [0.2, 0.25) is 0 Å². The van der Waals surface area contributed by atoms with Crippen LogP contribution in [0, 0.1) is 6.92 Å². The molecule has 0 aliphatic carbocycles. The lowest BCUT2D eigenvalue weighted by atomic mass is 10.2. The molecule has 146 valence electrons. The lowest BCUT2D eigenvalue weighted by Gasteiger charge is -2.16. The molecule has 1 heterocycles. The van der Waals surface area contributed by atoms with Gasteiger partial charge in [-0.3, -0.25) is 4.79 Å². The van der Waals surface area contributed by atoms with Crippen molar-refractivity contribution in [1.82, 2.24) is 9.29 Å². The molecule has 1 aromatic heterocycles. The summed E-state index contributed by atoms with van der Waals surface area (Å²) in [6, 6.07) is 15.8. The number of aryl methyl sites for hydroxylation is 1. The van der Waals surface area contributed by atoms with E-state index in [-0.39, 0.29) is 17.4 Å². The van der Waals surface area contributed by atoms with Crippen LogP contribution in [-0.2, 0) is 26.2 Å². The Kier molecular flexibility index (Phi) is 5.91. The topological polar surface area (TPSA) is 89.7 Å². The third-order valence-corrected chi connectivity index (χ3v) is 5.87. The summed E-state index contributed by atoms with van der Waals surface area (Å²) in [5, 5.41) is 0. The number of hydrogen-bond donors (Lipinski definition) is 0. The first-order chi connectivity index (χ1) is 13.4. The summed E-state index contributed by atoms with van der Waals surface area (Å²) in [4.78, 5) is 16.2. The summed E-state index contributed by atoms with van der Waals surface area (Å²) in [6.07, 6.45) is 1.55. The van der Waals surface area contributed by atoms with Gasteiger partial charge in [0.25, 0.3) is 0 Å². The average Bonchev–Trinajstić information content (AvgIpc) is 3.16. The second kappa shape index (κ2) is 8.37. The van der Waals surface area contributed by atoms with Crippen molar-refractivity contribution >= 4 is 16.0 Å². The highest BCUT2D eigenvalue weighted by molar-refractivity contribution is 7.89. The van der Waals surface area contributed by atoms with Crippen LogP contribution < -0.4 is 0 Å². The Balaban J connectivity index is 1.57. The summed E-state index contributed by atoms with van der Waals surface area (Å²) in [6.45, 7) is 1.27. The zero-order chi connectivity index (χ0) is 20.1. The Morgan fingerprint density at radius 3 is 2.46 bits per heavy atom. The number of esters is 1. The van der Waals surface area contributed by atoms with Crippen molar-refractivity contribution in [3.63, 3.8) is 0 Å². The largest absolute Gasteiger partial charge is 0.455 e. The standard InChI is InChI=1S/C20H20N2O5S/c1-15-8-10-17(11-9-15)28(24,25)22(2)13-20(23)26-14-19-21-12-18(27-19)16-6-4-3-5-7-16/h3-12H,13-14H2,1-2H3. The van der Waals surface area contributed by atoms with Crippen molar-refractivity contribution in [3.8, 4) is 11.3 Å². The Labute approximate surface area is 163 Å². The van der Waals surface area contributed by atoms with Crippen LogP contribution in [0.5, 0.6) is 0 Å². The van der Waals surface area contributed by atoms with Gasteiger partial charge in [0.1, 0.15) is 6.54 Å². The van der Waals surface area contributed by atoms with Crippen molar-refractivity contribution in [2.75, 3.05) is 13.6 Å². The molecule has 0 saturated carbocycles. The van der Waals surface area contributed by atoms with Crippen molar-refractivity contribution < 1.29 is 22.4 Å². The number of hydrogen-bond acceptors (Lipinski definition) is 6. The van der Waals surface area contributed by atoms with Gasteiger partial charge in [0.2, 0.25) is 15.9 Å². The fourth-order valence-corrected chi connectivity index (χ4v) is 3.57. The highest BCUT2D eigenvalue weighted by Gasteiger charge is 2.23. The molecule has 3 rings (SSSR count). The second-order valence-electron chi connectivity index (χ2n) is 6.22. The van der Waals surface area contributed by atoms with Gasteiger partial charge in [-0.25, -0.2) is 13.4 Å². The smallest absolute Gasteiger partial charge is 0.321 e. The summed E-state index contributed by atoms with van der Waals surface area (Å²) < 4.78 is 36.6. The quantitative estimate of drug-likeness (QED) is 0.567. The van der Waals surface area contributed by atoms with Gasteiger partial charge in [0, 0.05) is 12.6 Å². The predicted molar refractivity (Wildman–Crippen MR) is 103 cm³/mol. The minimum atomic E-state index is -3.77. The number of oxazole rings is 1. The van der Waals surface area contributed by atoms with Crippen LogP contribution in [-0.4, -0.2) is 37.3 Å². The third kappa shape index (κ3) is 4.65. The summed E-state index contributed by atoms with van der Waals surface area (Å²) >= 11 is 0. The first-order valence-corrected chi connectivity index (χ1v) is 9.99. The van der Waals surface area contributed by atoms with E-state index in [1.807, 2.05) is 37.3 Å². The van der Waals surface area contributed by atoms with Gasteiger partial charge in [0.05, 0.1) is 11.1 Å². The van der Waals surface area contributed by atoms with Crippen LogP contribution in [0.3, 0.4) is 0 Å². The minimum absolute atomic E-state index is 0.119. The first kappa shape index (κ1) is 19.8. The summed E-state index contributed by atoms with van der Waals surface area (Å²) in [7, 11) is -2.44. The number of likely N-dealkylation sites (N-methyl/N-ethyl adjacent to an activating group) is 1. The van der Waals surface area contributed by atoms with Gasteiger partial charge in [-0.05, 0) is 19.1 Å². The maximum Gasteiger partial charge on any atom is 0.321 e. The molecule has 0 spiro atoms. The van der Waals surface area contributed by atoms with Crippen LogP contribution >= 0.6 is 0 Å². The van der Waals surface area contributed by atoms with Gasteiger partial charge >= 0.3 is 5.97 Å². The Morgan fingerprint density at radius 1 is 1.11 bits per heavy atom. The van der Waals surface area contributed by atoms with Gasteiger partial charge in [-0.2, -0.15) is 4.31 Å². The number of benzene rings is 2.